The third-order valence-corrected chi connectivity index (χ3v) is 7.88. The summed E-state index contributed by atoms with van der Waals surface area (Å²) in [5, 5.41) is 3.02. The van der Waals surface area contributed by atoms with E-state index in [1.165, 1.54) is 15.7 Å². The monoisotopic (exact) mass is 435 g/mol. The summed E-state index contributed by atoms with van der Waals surface area (Å²) >= 11 is 6.41. The first-order valence-electron chi connectivity index (χ1n) is 8.61. The highest BCUT2D eigenvalue weighted by Crippen LogP contribution is 2.36. The van der Waals surface area contributed by atoms with Crippen LogP contribution in [0.2, 0.25) is 0 Å². The van der Waals surface area contributed by atoms with Crippen LogP contribution in [-0.2, 0) is 14.6 Å². The second kappa shape index (κ2) is 7.02. The number of hydrogen-bond donors (Lipinski definition) is 1. The average Bonchev–Trinajstić information content (AvgIpc) is 3.24. The fraction of sp³-hybridized carbons (Fsp3) is 0.278. The molecule has 1 atom stereocenters. The van der Waals surface area contributed by atoms with E-state index in [1.807, 2.05) is 18.2 Å². The zero-order valence-electron chi connectivity index (χ0n) is 14.9. The van der Waals surface area contributed by atoms with Crippen molar-refractivity contribution >= 4 is 50.1 Å². The lowest BCUT2D eigenvalue weighted by Crippen LogP contribution is -2.39. The molecule has 0 aliphatic carbocycles. The summed E-state index contributed by atoms with van der Waals surface area (Å²) in [6.07, 6.45) is 1.92. The fourth-order valence-corrected chi connectivity index (χ4v) is 6.48. The Morgan fingerprint density at radius 1 is 1.25 bits per heavy atom. The number of para-hydroxylation sites is 1. The number of H-pyrrole nitrogens is 1. The number of amides is 1. The van der Waals surface area contributed by atoms with Crippen LogP contribution in [0.15, 0.2) is 40.0 Å². The summed E-state index contributed by atoms with van der Waals surface area (Å²) < 4.78 is 25.3. The molecular weight excluding hydrogens is 418 g/mol. The smallest absolute Gasteiger partial charge is 0.278 e. The first-order chi connectivity index (χ1) is 13.3. The summed E-state index contributed by atoms with van der Waals surface area (Å²) in [6.45, 7) is 1.76. The van der Waals surface area contributed by atoms with E-state index in [0.717, 1.165) is 11.8 Å². The van der Waals surface area contributed by atoms with Crippen LogP contribution in [0.3, 0.4) is 0 Å². The molecule has 1 N–H and O–H groups in total. The molecule has 28 heavy (non-hydrogen) atoms. The molecule has 0 saturated carbocycles. The van der Waals surface area contributed by atoms with E-state index in [2.05, 4.69) is 5.10 Å². The SMILES string of the molecule is Cc1[nH]n(-c2ccccc2)c(=O)c1C=C1SC(=S)N([C@H]2CCS(=O)(=O)C2)C1=O. The van der Waals surface area contributed by atoms with Gasteiger partial charge in [-0.25, -0.2) is 13.1 Å². The number of aromatic nitrogens is 2. The van der Waals surface area contributed by atoms with Crippen molar-refractivity contribution in [1.29, 1.82) is 0 Å². The molecule has 0 radical (unpaired) electrons. The minimum Gasteiger partial charge on any atom is -0.295 e. The normalized spacial score (nSPS) is 23.1. The number of nitrogens with one attached hydrogen (secondary N) is 1. The van der Waals surface area contributed by atoms with Gasteiger partial charge < -0.3 is 0 Å². The molecule has 2 saturated heterocycles. The van der Waals surface area contributed by atoms with Crippen LogP contribution in [0, 0.1) is 6.92 Å². The molecule has 2 aliphatic heterocycles. The molecule has 3 heterocycles. The van der Waals surface area contributed by atoms with E-state index in [1.54, 1.807) is 19.1 Å². The van der Waals surface area contributed by atoms with Gasteiger partial charge in [-0.3, -0.25) is 19.6 Å². The Morgan fingerprint density at radius 2 is 1.96 bits per heavy atom. The molecule has 2 fully saturated rings. The maximum absolute atomic E-state index is 12.9. The molecule has 4 rings (SSSR count). The van der Waals surface area contributed by atoms with Crippen LogP contribution in [0.5, 0.6) is 0 Å². The standard InChI is InChI=1S/C18H17N3O4S3/c1-11-14(16(22)21(19-11)12-5-3-2-4-6-12)9-15-17(23)20(18(26)27-15)13-7-8-28(24,25)10-13/h2-6,9,13,19H,7-8,10H2,1H3/t13-/m0/s1. The summed E-state index contributed by atoms with van der Waals surface area (Å²) in [5.74, 6) is -0.355. The van der Waals surface area contributed by atoms with E-state index < -0.39 is 15.9 Å². The minimum atomic E-state index is -3.14. The molecule has 0 bridgehead atoms. The van der Waals surface area contributed by atoms with E-state index in [4.69, 9.17) is 12.2 Å². The number of thiocarbonyl (C=S) groups is 1. The van der Waals surface area contributed by atoms with Gasteiger partial charge in [0.2, 0.25) is 0 Å². The van der Waals surface area contributed by atoms with Gasteiger partial charge in [-0.05, 0) is 31.6 Å². The van der Waals surface area contributed by atoms with Gasteiger partial charge in [0.1, 0.15) is 4.32 Å². The Morgan fingerprint density at radius 3 is 2.61 bits per heavy atom. The Labute approximate surface area is 171 Å². The third kappa shape index (κ3) is 3.36. The molecule has 0 unspecified atom stereocenters. The number of carbonyl (C=O) groups is 1. The van der Waals surface area contributed by atoms with Gasteiger partial charge in [-0.1, -0.05) is 42.2 Å². The van der Waals surface area contributed by atoms with Gasteiger partial charge in [0.05, 0.1) is 33.7 Å². The lowest BCUT2D eigenvalue weighted by molar-refractivity contribution is -0.123. The number of rotatable bonds is 3. The molecule has 0 spiro atoms. The predicted molar refractivity (Wildman–Crippen MR) is 113 cm³/mol. The minimum absolute atomic E-state index is 0.0620. The predicted octanol–water partition coefficient (Wildman–Crippen LogP) is 1.86. The van der Waals surface area contributed by atoms with Gasteiger partial charge >= 0.3 is 0 Å². The molecule has 2 aliphatic rings. The highest BCUT2D eigenvalue weighted by Gasteiger charge is 2.42. The quantitative estimate of drug-likeness (QED) is 0.585. The van der Waals surface area contributed by atoms with Crippen molar-refractivity contribution in [3.8, 4) is 5.69 Å². The first-order valence-corrected chi connectivity index (χ1v) is 11.7. The first kappa shape index (κ1) is 19.2. The molecular formula is C18H17N3O4S3. The number of sulfone groups is 1. The lowest BCUT2D eigenvalue weighted by Gasteiger charge is -2.20. The van der Waals surface area contributed by atoms with Crippen molar-refractivity contribution in [3.63, 3.8) is 0 Å². The molecule has 146 valence electrons. The molecule has 7 nitrogen and oxygen atoms in total. The van der Waals surface area contributed by atoms with Crippen LogP contribution in [0.4, 0.5) is 0 Å². The van der Waals surface area contributed by atoms with Gasteiger partial charge in [0.25, 0.3) is 11.5 Å². The van der Waals surface area contributed by atoms with Crippen molar-refractivity contribution < 1.29 is 13.2 Å². The number of thioether (sulfide) groups is 1. The van der Waals surface area contributed by atoms with Gasteiger partial charge in [0, 0.05) is 5.69 Å². The van der Waals surface area contributed by atoms with Gasteiger partial charge in [-0.2, -0.15) is 0 Å². The average molecular weight is 436 g/mol. The number of nitrogens with zero attached hydrogens (tertiary/aromatic N) is 2. The van der Waals surface area contributed by atoms with Crippen LogP contribution in [0.1, 0.15) is 17.7 Å². The zero-order valence-corrected chi connectivity index (χ0v) is 17.4. The number of benzene rings is 1. The van der Waals surface area contributed by atoms with Crippen molar-refractivity contribution in [1.82, 2.24) is 14.7 Å². The zero-order chi connectivity index (χ0) is 20.1. The summed E-state index contributed by atoms with van der Waals surface area (Å²) in [4.78, 5) is 27.4. The van der Waals surface area contributed by atoms with Crippen LogP contribution in [0.25, 0.3) is 11.8 Å². The van der Waals surface area contributed by atoms with Gasteiger partial charge in [0.15, 0.2) is 9.84 Å². The number of carbonyl (C=O) groups excluding carboxylic acids is 1. The fourth-order valence-electron chi connectivity index (χ4n) is 3.39. The van der Waals surface area contributed by atoms with Crippen LogP contribution in [-0.4, -0.2) is 50.9 Å². The topological polar surface area (TPSA) is 92.2 Å². The van der Waals surface area contributed by atoms with Crippen molar-refractivity contribution in [2.24, 2.45) is 0 Å². The summed E-state index contributed by atoms with van der Waals surface area (Å²) in [5.41, 5.74) is 1.43. The summed E-state index contributed by atoms with van der Waals surface area (Å²) in [7, 11) is -3.14. The van der Waals surface area contributed by atoms with E-state index in [0.29, 0.717) is 32.6 Å². The van der Waals surface area contributed by atoms with E-state index in [-0.39, 0.29) is 23.0 Å². The van der Waals surface area contributed by atoms with Crippen LogP contribution < -0.4 is 5.56 Å². The van der Waals surface area contributed by atoms with Crippen molar-refractivity contribution in [3.05, 3.63) is 56.8 Å². The second-order valence-electron chi connectivity index (χ2n) is 6.74. The largest absolute Gasteiger partial charge is 0.295 e. The highest BCUT2D eigenvalue weighted by atomic mass is 32.2. The molecule has 1 aromatic carbocycles. The Bertz CT molecular complexity index is 1160. The lowest BCUT2D eigenvalue weighted by atomic mass is 10.2. The highest BCUT2D eigenvalue weighted by molar-refractivity contribution is 8.26. The van der Waals surface area contributed by atoms with Gasteiger partial charge in [-0.15, -0.1) is 0 Å². The van der Waals surface area contributed by atoms with Crippen molar-refractivity contribution in [2.75, 3.05) is 11.5 Å². The Balaban J connectivity index is 1.67. The number of aryl methyl sites for hydroxylation is 1. The van der Waals surface area contributed by atoms with Crippen molar-refractivity contribution in [2.45, 2.75) is 19.4 Å². The molecule has 10 heteroatoms. The second-order valence-corrected chi connectivity index (χ2v) is 10.6. The Hall–Kier alpha value is -2.17. The maximum atomic E-state index is 12.9. The maximum Gasteiger partial charge on any atom is 0.278 e. The van der Waals surface area contributed by atoms with Crippen LogP contribution >= 0.6 is 24.0 Å². The number of hydrogen-bond acceptors (Lipinski definition) is 6. The Kier molecular flexibility index (Phi) is 4.80. The number of aromatic amines is 1. The molecule has 2 aromatic rings. The van der Waals surface area contributed by atoms with E-state index >= 15 is 0 Å². The molecule has 1 amide bonds. The summed E-state index contributed by atoms with van der Waals surface area (Å²) in [6, 6.07) is 8.70. The third-order valence-electron chi connectivity index (χ3n) is 4.80. The molecule has 1 aromatic heterocycles. The van der Waals surface area contributed by atoms with E-state index in [9.17, 15) is 18.0 Å².